The maximum Gasteiger partial charge on any atom is 0.338 e. The number of benzene rings is 1. The number of ether oxygens (including phenoxy) is 6. The van der Waals surface area contributed by atoms with Gasteiger partial charge in [-0.05, 0) is 39.8 Å². The summed E-state index contributed by atoms with van der Waals surface area (Å²) in [7, 11) is 0. The van der Waals surface area contributed by atoms with Gasteiger partial charge in [0.25, 0.3) is 0 Å². The summed E-state index contributed by atoms with van der Waals surface area (Å²) in [5, 5.41) is 0. The molecule has 3 heterocycles. The van der Waals surface area contributed by atoms with E-state index in [1.54, 1.807) is 38.1 Å². The minimum atomic E-state index is -1.22. The molecule has 0 spiro atoms. The molecule has 3 aliphatic heterocycles. The number of esters is 1. The second-order valence-corrected chi connectivity index (χ2v) is 7.74. The Kier molecular flexibility index (Phi) is 4.13. The molecule has 0 saturated carbocycles. The van der Waals surface area contributed by atoms with Gasteiger partial charge in [0.05, 0.1) is 12.2 Å². The molecule has 0 aliphatic carbocycles. The van der Waals surface area contributed by atoms with Gasteiger partial charge in [0.2, 0.25) is 5.79 Å². The lowest BCUT2D eigenvalue weighted by atomic mass is 9.97. The fourth-order valence-corrected chi connectivity index (χ4v) is 3.77. The lowest BCUT2D eigenvalue weighted by Crippen LogP contribution is -2.60. The Labute approximate surface area is 152 Å². The molecule has 0 amide bonds. The summed E-state index contributed by atoms with van der Waals surface area (Å²) >= 11 is 0. The zero-order valence-electron chi connectivity index (χ0n) is 15.4. The highest BCUT2D eigenvalue weighted by atomic mass is 16.9. The Hall–Kier alpha value is -1.51. The Bertz CT molecular complexity index is 686. The van der Waals surface area contributed by atoms with Crippen molar-refractivity contribution in [3.05, 3.63) is 35.9 Å². The summed E-state index contributed by atoms with van der Waals surface area (Å²) in [6.45, 7) is 7.47. The summed E-state index contributed by atoms with van der Waals surface area (Å²) in [5.74, 6) is -3.29. The molecular formula is C19H24O7. The number of hydrogen-bond acceptors (Lipinski definition) is 7. The van der Waals surface area contributed by atoms with Crippen LogP contribution in [0, 0.1) is 0 Å². The minimum Gasteiger partial charge on any atom is -0.456 e. The van der Waals surface area contributed by atoms with Crippen molar-refractivity contribution < 1.29 is 33.2 Å². The second-order valence-electron chi connectivity index (χ2n) is 7.74. The van der Waals surface area contributed by atoms with Crippen LogP contribution in [0.15, 0.2) is 30.3 Å². The first-order chi connectivity index (χ1) is 12.2. The van der Waals surface area contributed by atoms with E-state index in [9.17, 15) is 4.79 Å². The van der Waals surface area contributed by atoms with E-state index in [4.69, 9.17) is 28.4 Å². The van der Waals surface area contributed by atoms with E-state index in [1.807, 2.05) is 19.9 Å². The summed E-state index contributed by atoms with van der Waals surface area (Å²) in [6, 6.07) is 8.79. The van der Waals surface area contributed by atoms with E-state index < -0.39 is 29.4 Å². The number of rotatable bonds is 3. The molecule has 0 N–H and O–H groups in total. The van der Waals surface area contributed by atoms with E-state index in [2.05, 4.69) is 0 Å². The average Bonchev–Trinajstić information content (AvgIpc) is 3.05. The molecule has 142 valence electrons. The van der Waals surface area contributed by atoms with Crippen LogP contribution in [0.2, 0.25) is 0 Å². The quantitative estimate of drug-likeness (QED) is 0.762. The molecule has 4 rings (SSSR count). The second kappa shape index (κ2) is 6.00. The maximum atomic E-state index is 12.3. The molecule has 4 atom stereocenters. The van der Waals surface area contributed by atoms with Gasteiger partial charge in [-0.3, -0.25) is 0 Å². The summed E-state index contributed by atoms with van der Waals surface area (Å²) in [4.78, 5) is 12.3. The highest BCUT2D eigenvalue weighted by Crippen LogP contribution is 2.47. The van der Waals surface area contributed by atoms with Gasteiger partial charge < -0.3 is 28.4 Å². The lowest BCUT2D eigenvalue weighted by Gasteiger charge is -2.40. The van der Waals surface area contributed by atoms with Gasteiger partial charge in [0.15, 0.2) is 11.6 Å². The predicted octanol–water partition coefficient (Wildman–Crippen LogP) is 2.24. The Morgan fingerprint density at radius 2 is 1.81 bits per heavy atom. The van der Waals surface area contributed by atoms with Crippen LogP contribution in [0.3, 0.4) is 0 Å². The smallest absolute Gasteiger partial charge is 0.338 e. The predicted molar refractivity (Wildman–Crippen MR) is 89.3 cm³/mol. The zero-order valence-corrected chi connectivity index (χ0v) is 15.4. The fourth-order valence-electron chi connectivity index (χ4n) is 3.77. The summed E-state index contributed by atoms with van der Waals surface area (Å²) in [6.07, 6.45) is -1.19. The number of carbonyl (C=O) groups is 1. The molecule has 3 aliphatic rings. The van der Waals surface area contributed by atoms with Gasteiger partial charge in [0, 0.05) is 0 Å². The van der Waals surface area contributed by atoms with Crippen molar-refractivity contribution in [3.63, 3.8) is 0 Å². The third-order valence-corrected chi connectivity index (χ3v) is 4.69. The van der Waals surface area contributed by atoms with Crippen LogP contribution < -0.4 is 0 Å². The molecule has 0 bridgehead atoms. The molecule has 0 aromatic heterocycles. The summed E-state index contributed by atoms with van der Waals surface area (Å²) in [5.41, 5.74) is 0.467. The van der Waals surface area contributed by atoms with Gasteiger partial charge in [-0.1, -0.05) is 18.2 Å². The standard InChI is InChI=1S/C19H24O7/c1-17(2)23-13-10-22-19(11-21-16(20)12-8-6-5-7-9-12)15(14(13)24-17)25-18(3,4)26-19/h5-9,13-15H,10-11H2,1-4H3/t13-,14-,15+,19+/m1/s1. The van der Waals surface area contributed by atoms with Crippen LogP contribution in [0.4, 0.5) is 0 Å². The SMILES string of the molecule is CC1(C)O[C@@H]2[C@@H](CO[C@@]3(COC(=O)c4ccccc4)OC(C)(C)O[C@@H]23)O1. The van der Waals surface area contributed by atoms with E-state index in [0.29, 0.717) is 5.56 Å². The van der Waals surface area contributed by atoms with Crippen molar-refractivity contribution >= 4 is 5.97 Å². The van der Waals surface area contributed by atoms with Gasteiger partial charge in [-0.2, -0.15) is 0 Å². The third-order valence-electron chi connectivity index (χ3n) is 4.69. The van der Waals surface area contributed by atoms with Crippen LogP contribution in [0.1, 0.15) is 38.1 Å². The van der Waals surface area contributed by atoms with Crippen LogP contribution >= 0.6 is 0 Å². The zero-order chi connectivity index (χ0) is 18.6. The third kappa shape index (κ3) is 3.14. The van der Waals surface area contributed by atoms with Crippen LogP contribution in [-0.4, -0.2) is 54.9 Å². The molecule has 3 saturated heterocycles. The van der Waals surface area contributed by atoms with Crippen molar-refractivity contribution in [2.45, 2.75) is 63.4 Å². The van der Waals surface area contributed by atoms with E-state index in [1.165, 1.54) is 0 Å². The average molecular weight is 364 g/mol. The largest absolute Gasteiger partial charge is 0.456 e. The number of fused-ring (bicyclic) bond motifs is 3. The van der Waals surface area contributed by atoms with Crippen LogP contribution in [0.5, 0.6) is 0 Å². The highest BCUT2D eigenvalue weighted by molar-refractivity contribution is 5.89. The first-order valence-electron chi connectivity index (χ1n) is 8.80. The molecule has 0 radical (unpaired) electrons. The normalized spacial score (nSPS) is 37.0. The van der Waals surface area contributed by atoms with Crippen LogP contribution in [-0.2, 0) is 28.4 Å². The maximum absolute atomic E-state index is 12.3. The van der Waals surface area contributed by atoms with E-state index >= 15 is 0 Å². The summed E-state index contributed by atoms with van der Waals surface area (Å²) < 4.78 is 35.5. The molecule has 7 heteroatoms. The molecular weight excluding hydrogens is 340 g/mol. The number of hydrogen-bond donors (Lipinski definition) is 0. The Morgan fingerprint density at radius 1 is 1.08 bits per heavy atom. The highest BCUT2D eigenvalue weighted by Gasteiger charge is 2.65. The Morgan fingerprint density at radius 3 is 2.54 bits per heavy atom. The molecule has 1 aromatic rings. The molecule has 3 fully saturated rings. The monoisotopic (exact) mass is 364 g/mol. The van der Waals surface area contributed by atoms with Crippen molar-refractivity contribution in [2.24, 2.45) is 0 Å². The first-order valence-corrected chi connectivity index (χ1v) is 8.80. The Balaban J connectivity index is 1.54. The van der Waals surface area contributed by atoms with Crippen LogP contribution in [0.25, 0.3) is 0 Å². The molecule has 7 nitrogen and oxygen atoms in total. The topological polar surface area (TPSA) is 72.5 Å². The van der Waals surface area contributed by atoms with Gasteiger partial charge in [-0.15, -0.1) is 0 Å². The fraction of sp³-hybridized carbons (Fsp3) is 0.632. The number of carbonyl (C=O) groups excluding carboxylic acids is 1. The molecule has 1 aromatic carbocycles. The molecule has 0 unspecified atom stereocenters. The van der Waals surface area contributed by atoms with Gasteiger partial charge in [0.1, 0.15) is 24.9 Å². The van der Waals surface area contributed by atoms with Crippen molar-refractivity contribution in [1.82, 2.24) is 0 Å². The van der Waals surface area contributed by atoms with Crippen molar-refractivity contribution in [3.8, 4) is 0 Å². The van der Waals surface area contributed by atoms with Crippen molar-refractivity contribution in [2.75, 3.05) is 13.2 Å². The first kappa shape index (κ1) is 17.9. The molecule has 26 heavy (non-hydrogen) atoms. The van der Waals surface area contributed by atoms with Crippen molar-refractivity contribution in [1.29, 1.82) is 0 Å². The lowest BCUT2D eigenvalue weighted by molar-refractivity contribution is -0.293. The van der Waals surface area contributed by atoms with E-state index in [-0.39, 0.29) is 25.4 Å². The minimum absolute atomic E-state index is 0.0954. The van der Waals surface area contributed by atoms with E-state index in [0.717, 1.165) is 0 Å². The van der Waals surface area contributed by atoms with Gasteiger partial charge >= 0.3 is 5.97 Å². The van der Waals surface area contributed by atoms with Gasteiger partial charge in [-0.25, -0.2) is 4.79 Å².